The van der Waals surface area contributed by atoms with Gasteiger partial charge >= 0.3 is 12.2 Å². The molecule has 5 atom stereocenters. The molecule has 6 rings (SSSR count). The van der Waals surface area contributed by atoms with Gasteiger partial charge in [0.15, 0.2) is 0 Å². The molecule has 1 saturated heterocycles. The molecule has 0 radical (unpaired) electrons. The molecule has 1 aliphatic carbocycles. The summed E-state index contributed by atoms with van der Waals surface area (Å²) in [5.41, 5.74) is -0.475. The summed E-state index contributed by atoms with van der Waals surface area (Å²) >= 11 is 0. The van der Waals surface area contributed by atoms with Gasteiger partial charge in [0.2, 0.25) is 11.8 Å². The zero-order chi connectivity index (χ0) is 39.5. The number of amides is 5. The van der Waals surface area contributed by atoms with Crippen LogP contribution in [0.4, 0.5) is 9.59 Å². The Bertz CT molecular complexity index is 1920. The first-order valence-corrected chi connectivity index (χ1v) is 20.1. The van der Waals surface area contributed by atoms with Crippen LogP contribution in [0, 0.1) is 5.92 Å². The summed E-state index contributed by atoms with van der Waals surface area (Å²) in [7, 11) is -2.90. The lowest BCUT2D eigenvalue weighted by molar-refractivity contribution is -0.141. The molecule has 16 heteroatoms. The van der Waals surface area contributed by atoms with Gasteiger partial charge in [0, 0.05) is 25.4 Å². The lowest BCUT2D eigenvalue weighted by atomic mass is 10.0. The second-order valence-electron chi connectivity index (χ2n) is 15.5. The van der Waals surface area contributed by atoms with Crippen LogP contribution in [-0.2, 0) is 47.0 Å². The van der Waals surface area contributed by atoms with Gasteiger partial charge in [-0.3, -0.25) is 19.3 Å². The molecule has 3 heterocycles. The van der Waals surface area contributed by atoms with Crippen molar-refractivity contribution in [2.24, 2.45) is 5.92 Å². The monoisotopic (exact) mass is 779 g/mol. The maximum atomic E-state index is 14.4. The third-order valence-corrected chi connectivity index (χ3v) is 11.6. The average Bonchev–Trinajstić information content (AvgIpc) is 3.42. The van der Waals surface area contributed by atoms with Crippen molar-refractivity contribution in [2.75, 3.05) is 13.7 Å². The van der Waals surface area contributed by atoms with E-state index in [1.54, 1.807) is 25.7 Å². The van der Waals surface area contributed by atoms with Crippen LogP contribution in [0.2, 0.25) is 0 Å². The highest BCUT2D eigenvalue weighted by molar-refractivity contribution is 7.90. The molecule has 3 N–H and O–H groups in total. The summed E-state index contributed by atoms with van der Waals surface area (Å²) in [4.78, 5) is 71.7. The van der Waals surface area contributed by atoms with Crippen molar-refractivity contribution in [1.29, 1.82) is 0 Å². The summed E-state index contributed by atoms with van der Waals surface area (Å²) in [5, 5.41) is 5.50. The van der Waals surface area contributed by atoms with E-state index in [9.17, 15) is 32.4 Å². The molecule has 2 aromatic carbocycles. The van der Waals surface area contributed by atoms with Crippen LogP contribution >= 0.6 is 0 Å². The van der Waals surface area contributed by atoms with E-state index in [1.807, 2.05) is 36.4 Å². The Kier molecular flexibility index (Phi) is 11.5. The molecule has 0 bridgehead atoms. The number of allylic oxidation sites excluding steroid dienone is 1. The van der Waals surface area contributed by atoms with E-state index in [2.05, 4.69) is 15.4 Å². The van der Waals surface area contributed by atoms with Gasteiger partial charge < -0.3 is 29.7 Å². The van der Waals surface area contributed by atoms with Crippen molar-refractivity contribution in [3.8, 4) is 5.75 Å². The second-order valence-corrected chi connectivity index (χ2v) is 17.2. The first-order valence-electron chi connectivity index (χ1n) is 18.6. The molecule has 2 fully saturated rings. The molecule has 15 nitrogen and oxygen atoms in total. The third kappa shape index (κ3) is 9.23. The molecular formula is C39H49N5O10S. The Labute approximate surface area is 321 Å². The number of nitrogens with one attached hydrogen (secondary N) is 3. The molecule has 0 aromatic heterocycles. The van der Waals surface area contributed by atoms with Gasteiger partial charge in [-0.1, -0.05) is 49.3 Å². The number of carbonyl (C=O) groups is 5. The molecule has 2 aromatic rings. The molecular weight excluding hydrogens is 731 g/mol. The number of alkyl carbamates (subject to hydrolysis) is 1. The highest BCUT2D eigenvalue weighted by atomic mass is 32.2. The highest BCUT2D eigenvalue weighted by Crippen LogP contribution is 2.46. The quantitative estimate of drug-likeness (QED) is 0.363. The van der Waals surface area contributed by atoms with Crippen molar-refractivity contribution in [3.63, 3.8) is 0 Å². The van der Waals surface area contributed by atoms with Gasteiger partial charge in [0.05, 0.1) is 18.6 Å². The number of fused-ring (bicyclic) bond motifs is 3. The number of methoxy groups -OCH3 is 1. The first kappa shape index (κ1) is 39.6. The smallest absolute Gasteiger partial charge is 0.410 e. The van der Waals surface area contributed by atoms with Crippen molar-refractivity contribution in [2.45, 2.75) is 113 Å². The van der Waals surface area contributed by atoms with Crippen LogP contribution in [0.1, 0.15) is 76.8 Å². The number of hydrogen-bond acceptors (Lipinski definition) is 10. The summed E-state index contributed by atoms with van der Waals surface area (Å²) in [6.45, 7) is 5.66. The number of hydrogen-bond donors (Lipinski definition) is 3. The second kappa shape index (κ2) is 15.9. The van der Waals surface area contributed by atoms with Crippen molar-refractivity contribution in [3.05, 3.63) is 71.8 Å². The van der Waals surface area contributed by atoms with E-state index >= 15 is 0 Å². The number of nitrogens with zero attached hydrogens (tertiary/aromatic N) is 2. The summed E-state index contributed by atoms with van der Waals surface area (Å²) in [6.07, 6.45) is 4.41. The minimum atomic E-state index is -4.35. The standard InChI is InChI=1S/C39H49N5O10S/c1-38(2,3)54-36(48)40-31-15-9-7-5-6-8-14-27-21-39(27,35(47)42-55(50,51)30-18-16-28(52-4)17-19-30)41-33(45)32-20-29(24-44(32)34(31)46)53-37(49)43-22-25-12-10-11-13-26(25)23-43/h8,10-14,16-19,27,29,31-32H,5-7,9,15,20-24H2,1-4H3,(H,40,48)(H,41,45)(H,42,47)/b14-8+/t27-,29-,31+,32+,39-/m1/s1. The molecule has 5 amide bonds. The van der Waals surface area contributed by atoms with Crippen molar-refractivity contribution in [1.82, 2.24) is 25.2 Å². The number of rotatable bonds is 6. The normalized spacial score (nSPS) is 26.2. The fourth-order valence-corrected chi connectivity index (χ4v) is 8.36. The van der Waals surface area contributed by atoms with E-state index in [0.717, 1.165) is 24.0 Å². The van der Waals surface area contributed by atoms with Crippen LogP contribution in [0.15, 0.2) is 65.6 Å². The summed E-state index contributed by atoms with van der Waals surface area (Å²) < 4.78 is 45.3. The maximum Gasteiger partial charge on any atom is 0.410 e. The molecule has 296 valence electrons. The Morgan fingerprint density at radius 3 is 2.31 bits per heavy atom. The van der Waals surface area contributed by atoms with Gasteiger partial charge in [0.1, 0.15) is 35.1 Å². The van der Waals surface area contributed by atoms with E-state index in [0.29, 0.717) is 31.7 Å². The Hall–Kier alpha value is -5.12. The topological polar surface area (TPSA) is 190 Å². The first-order chi connectivity index (χ1) is 26.1. The number of sulfonamides is 1. The van der Waals surface area contributed by atoms with Gasteiger partial charge in [-0.2, -0.15) is 0 Å². The average molecular weight is 780 g/mol. The van der Waals surface area contributed by atoms with Gasteiger partial charge in [-0.05, 0) is 81.8 Å². The molecule has 0 unspecified atom stereocenters. The van der Waals surface area contributed by atoms with Crippen LogP contribution in [0.5, 0.6) is 5.75 Å². The molecule has 0 spiro atoms. The van der Waals surface area contributed by atoms with Crippen molar-refractivity contribution >= 4 is 39.9 Å². The minimum absolute atomic E-state index is 0.0917. The van der Waals surface area contributed by atoms with E-state index in [1.165, 1.54) is 36.3 Å². The Morgan fingerprint density at radius 1 is 0.964 bits per heavy atom. The zero-order valence-corrected chi connectivity index (χ0v) is 32.4. The highest BCUT2D eigenvalue weighted by Gasteiger charge is 2.61. The predicted octanol–water partition coefficient (Wildman–Crippen LogP) is 3.91. The summed E-state index contributed by atoms with van der Waals surface area (Å²) in [5.74, 6) is -2.31. The lowest BCUT2D eigenvalue weighted by Gasteiger charge is -2.30. The number of benzene rings is 2. The Morgan fingerprint density at radius 2 is 1.65 bits per heavy atom. The van der Waals surface area contributed by atoms with Crippen LogP contribution in [0.25, 0.3) is 0 Å². The molecule has 3 aliphatic heterocycles. The van der Waals surface area contributed by atoms with Crippen LogP contribution < -0.4 is 20.1 Å². The van der Waals surface area contributed by atoms with E-state index in [4.69, 9.17) is 14.2 Å². The summed E-state index contributed by atoms with van der Waals surface area (Å²) in [6, 6.07) is 10.9. The fourth-order valence-electron chi connectivity index (χ4n) is 7.32. The van der Waals surface area contributed by atoms with E-state index < -0.39 is 75.2 Å². The van der Waals surface area contributed by atoms with Crippen LogP contribution in [0.3, 0.4) is 0 Å². The number of ether oxygens (including phenoxy) is 3. The van der Waals surface area contributed by atoms with Crippen molar-refractivity contribution < 1.29 is 46.6 Å². The van der Waals surface area contributed by atoms with Gasteiger partial charge in [0.25, 0.3) is 15.9 Å². The van der Waals surface area contributed by atoms with E-state index in [-0.39, 0.29) is 30.7 Å². The van der Waals surface area contributed by atoms with Gasteiger partial charge in [-0.15, -0.1) is 0 Å². The lowest BCUT2D eigenvalue weighted by Crippen LogP contribution is -2.58. The molecule has 1 saturated carbocycles. The predicted molar refractivity (Wildman–Crippen MR) is 199 cm³/mol. The SMILES string of the molecule is COc1ccc(S(=O)(=O)NC(=O)[C@@]23C[C@H]2/C=C/CCCCC[C@H](NC(=O)OC(C)(C)C)C(=O)N2C[C@H](OC(=O)N4Cc5ccccc5C4)C[C@H]2C(=O)N3)cc1. The Balaban J connectivity index is 1.26. The third-order valence-electron chi connectivity index (χ3n) is 10.3. The van der Waals surface area contributed by atoms with Crippen LogP contribution in [-0.4, -0.2) is 91.1 Å². The largest absolute Gasteiger partial charge is 0.497 e. The minimum Gasteiger partial charge on any atom is -0.497 e. The molecule has 4 aliphatic rings. The number of carbonyl (C=O) groups excluding carboxylic acids is 5. The fraction of sp³-hybridized carbons (Fsp3) is 0.513. The maximum absolute atomic E-state index is 14.4. The van der Waals surface area contributed by atoms with Gasteiger partial charge in [-0.25, -0.2) is 22.7 Å². The zero-order valence-electron chi connectivity index (χ0n) is 31.5. The molecule has 55 heavy (non-hydrogen) atoms.